The smallest absolute Gasteiger partial charge is 0.293 e. The molecule has 1 aliphatic heterocycles. The van der Waals surface area contributed by atoms with Crippen LogP contribution in [0.25, 0.3) is 10.9 Å². The maximum Gasteiger partial charge on any atom is 0.293 e. The standard InChI is InChI=1S/C15H17N5O4/c16-14(21)4-9-2-1-3-19(7-9)12-6-11-10(5-13(12)20(23)24)15(22)18-8-17-11/h5-6,8-9H,1-4,7H2,(H2,16,21)(H,17,18,22). The van der Waals surface area contributed by atoms with E-state index < -0.39 is 10.5 Å². The molecule has 0 spiro atoms. The lowest BCUT2D eigenvalue weighted by atomic mass is 9.94. The topological polar surface area (TPSA) is 135 Å². The van der Waals surface area contributed by atoms with Gasteiger partial charge in [-0.25, -0.2) is 4.98 Å². The molecule has 24 heavy (non-hydrogen) atoms. The molecule has 1 unspecified atom stereocenters. The van der Waals surface area contributed by atoms with Gasteiger partial charge in [-0.2, -0.15) is 0 Å². The van der Waals surface area contributed by atoms with Crippen LogP contribution in [0.5, 0.6) is 0 Å². The molecule has 1 aromatic heterocycles. The zero-order valence-electron chi connectivity index (χ0n) is 12.9. The Balaban J connectivity index is 2.04. The lowest BCUT2D eigenvalue weighted by Gasteiger charge is -2.33. The van der Waals surface area contributed by atoms with E-state index in [1.54, 1.807) is 6.07 Å². The third kappa shape index (κ3) is 3.05. The molecule has 126 valence electrons. The number of aromatic nitrogens is 2. The van der Waals surface area contributed by atoms with Gasteiger partial charge in [-0.1, -0.05) is 0 Å². The summed E-state index contributed by atoms with van der Waals surface area (Å²) < 4.78 is 0. The SMILES string of the molecule is NC(=O)CC1CCCN(c2cc3nc[nH]c(=O)c3cc2[N+](=O)[O-])C1. The second kappa shape index (κ2) is 6.26. The van der Waals surface area contributed by atoms with Crippen molar-refractivity contribution in [3.05, 3.63) is 38.9 Å². The number of anilines is 1. The number of nitro benzene ring substituents is 1. The minimum absolute atomic E-state index is 0.0682. The molecule has 9 heteroatoms. The van der Waals surface area contributed by atoms with Crippen molar-refractivity contribution in [1.29, 1.82) is 0 Å². The normalized spacial score (nSPS) is 17.8. The summed E-state index contributed by atoms with van der Waals surface area (Å²) in [5.74, 6) is -0.304. The summed E-state index contributed by atoms with van der Waals surface area (Å²) in [6, 6.07) is 2.82. The Morgan fingerprint density at radius 2 is 2.29 bits per heavy atom. The van der Waals surface area contributed by atoms with E-state index in [4.69, 9.17) is 5.73 Å². The van der Waals surface area contributed by atoms with Gasteiger partial charge in [0.15, 0.2) is 0 Å². The molecule has 3 rings (SSSR count). The summed E-state index contributed by atoms with van der Waals surface area (Å²) in [5, 5.41) is 11.6. The highest BCUT2D eigenvalue weighted by Crippen LogP contribution is 2.34. The number of benzene rings is 1. The Bertz CT molecular complexity index is 863. The Hall–Kier alpha value is -2.97. The maximum absolute atomic E-state index is 11.8. The second-order valence-corrected chi connectivity index (χ2v) is 5.97. The van der Waals surface area contributed by atoms with Crippen LogP contribution in [0.3, 0.4) is 0 Å². The Morgan fingerprint density at radius 3 is 3.00 bits per heavy atom. The summed E-state index contributed by atoms with van der Waals surface area (Å²) in [4.78, 5) is 42.3. The van der Waals surface area contributed by atoms with Crippen molar-refractivity contribution in [1.82, 2.24) is 9.97 Å². The monoisotopic (exact) mass is 331 g/mol. The highest BCUT2D eigenvalue weighted by Gasteiger charge is 2.27. The summed E-state index contributed by atoms with van der Waals surface area (Å²) >= 11 is 0. The number of hydrogen-bond donors (Lipinski definition) is 2. The van der Waals surface area contributed by atoms with Crippen LogP contribution in [0.2, 0.25) is 0 Å². The molecule has 0 aliphatic carbocycles. The molecule has 1 aliphatic rings. The van der Waals surface area contributed by atoms with Crippen LogP contribution in [-0.2, 0) is 4.79 Å². The molecule has 1 saturated heterocycles. The number of rotatable bonds is 4. The number of carbonyl (C=O) groups excluding carboxylic acids is 1. The number of piperidine rings is 1. The van der Waals surface area contributed by atoms with Gasteiger partial charge in [0.05, 0.1) is 22.2 Å². The molecule has 1 fully saturated rings. The zero-order chi connectivity index (χ0) is 17.3. The second-order valence-electron chi connectivity index (χ2n) is 5.97. The molecule has 3 N–H and O–H groups in total. The first-order chi connectivity index (χ1) is 11.5. The van der Waals surface area contributed by atoms with Crippen molar-refractivity contribution in [3.63, 3.8) is 0 Å². The molecular formula is C15H17N5O4. The van der Waals surface area contributed by atoms with Gasteiger partial charge in [0.1, 0.15) is 5.69 Å². The molecule has 2 aromatic rings. The number of fused-ring (bicyclic) bond motifs is 1. The number of amides is 1. The van der Waals surface area contributed by atoms with Crippen molar-refractivity contribution in [2.75, 3.05) is 18.0 Å². The lowest BCUT2D eigenvalue weighted by molar-refractivity contribution is -0.384. The molecule has 0 saturated carbocycles. The van der Waals surface area contributed by atoms with Gasteiger partial charge in [-0.05, 0) is 24.8 Å². The fraction of sp³-hybridized carbons (Fsp3) is 0.400. The Labute approximate surface area is 136 Å². The van der Waals surface area contributed by atoms with E-state index in [9.17, 15) is 19.7 Å². The van der Waals surface area contributed by atoms with Gasteiger partial charge >= 0.3 is 0 Å². The van der Waals surface area contributed by atoms with E-state index in [2.05, 4.69) is 9.97 Å². The van der Waals surface area contributed by atoms with Crippen molar-refractivity contribution < 1.29 is 9.72 Å². The van der Waals surface area contributed by atoms with Crippen LogP contribution >= 0.6 is 0 Å². The number of nitrogens with one attached hydrogen (secondary N) is 1. The summed E-state index contributed by atoms with van der Waals surface area (Å²) in [7, 11) is 0. The first kappa shape index (κ1) is 15.9. The first-order valence-corrected chi connectivity index (χ1v) is 7.65. The highest BCUT2D eigenvalue weighted by molar-refractivity contribution is 5.87. The molecular weight excluding hydrogens is 314 g/mol. The molecule has 2 heterocycles. The fourth-order valence-corrected chi connectivity index (χ4v) is 3.23. The van der Waals surface area contributed by atoms with Crippen LogP contribution in [0.15, 0.2) is 23.3 Å². The van der Waals surface area contributed by atoms with Gasteiger partial charge in [0.25, 0.3) is 11.2 Å². The van der Waals surface area contributed by atoms with Crippen molar-refractivity contribution >= 4 is 28.2 Å². The van der Waals surface area contributed by atoms with Crippen LogP contribution < -0.4 is 16.2 Å². The number of H-pyrrole nitrogens is 1. The van der Waals surface area contributed by atoms with Crippen molar-refractivity contribution in [2.24, 2.45) is 11.7 Å². The van der Waals surface area contributed by atoms with E-state index in [0.29, 0.717) is 24.3 Å². The quantitative estimate of drug-likeness (QED) is 0.632. The van der Waals surface area contributed by atoms with Gasteiger partial charge in [0.2, 0.25) is 5.91 Å². The number of carbonyl (C=O) groups is 1. The summed E-state index contributed by atoms with van der Waals surface area (Å²) in [6.45, 7) is 1.16. The van der Waals surface area contributed by atoms with Crippen LogP contribution in [0, 0.1) is 16.0 Å². The Kier molecular flexibility index (Phi) is 4.15. The minimum atomic E-state index is -0.501. The number of primary amides is 1. The summed E-state index contributed by atoms with van der Waals surface area (Å²) in [6.07, 6.45) is 3.21. The number of nitrogens with two attached hydrogens (primary N) is 1. The maximum atomic E-state index is 11.8. The van der Waals surface area contributed by atoms with Crippen LogP contribution in [-0.4, -0.2) is 33.9 Å². The largest absolute Gasteiger partial charge is 0.370 e. The first-order valence-electron chi connectivity index (χ1n) is 7.65. The third-order valence-electron chi connectivity index (χ3n) is 4.28. The predicted octanol–water partition coefficient (Wildman–Crippen LogP) is 0.923. The minimum Gasteiger partial charge on any atom is -0.370 e. The molecule has 1 atom stereocenters. The average Bonchev–Trinajstić information content (AvgIpc) is 2.53. The van der Waals surface area contributed by atoms with Gasteiger partial charge in [-0.15, -0.1) is 0 Å². The predicted molar refractivity (Wildman–Crippen MR) is 87.8 cm³/mol. The number of nitrogens with zero attached hydrogens (tertiary/aromatic N) is 3. The molecule has 1 aromatic carbocycles. The summed E-state index contributed by atoms with van der Waals surface area (Å²) in [5.41, 5.74) is 5.52. The van der Waals surface area contributed by atoms with Crippen molar-refractivity contribution in [2.45, 2.75) is 19.3 Å². The molecule has 0 bridgehead atoms. The molecule has 1 amide bonds. The van der Waals surface area contributed by atoms with Gasteiger partial charge < -0.3 is 15.6 Å². The van der Waals surface area contributed by atoms with E-state index in [0.717, 1.165) is 12.8 Å². The van der Waals surface area contributed by atoms with E-state index in [-0.39, 0.29) is 29.3 Å². The van der Waals surface area contributed by atoms with E-state index >= 15 is 0 Å². The average molecular weight is 331 g/mol. The number of aromatic amines is 1. The lowest BCUT2D eigenvalue weighted by Crippen LogP contribution is -2.37. The fourth-order valence-electron chi connectivity index (χ4n) is 3.23. The Morgan fingerprint density at radius 1 is 1.50 bits per heavy atom. The number of hydrogen-bond acceptors (Lipinski definition) is 6. The molecule has 9 nitrogen and oxygen atoms in total. The highest BCUT2D eigenvalue weighted by atomic mass is 16.6. The number of nitro groups is 1. The van der Waals surface area contributed by atoms with E-state index in [1.165, 1.54) is 12.4 Å². The van der Waals surface area contributed by atoms with Crippen LogP contribution in [0.4, 0.5) is 11.4 Å². The van der Waals surface area contributed by atoms with E-state index in [1.807, 2.05) is 4.90 Å². The zero-order valence-corrected chi connectivity index (χ0v) is 12.9. The third-order valence-corrected chi connectivity index (χ3v) is 4.28. The van der Waals surface area contributed by atoms with Gasteiger partial charge in [-0.3, -0.25) is 19.7 Å². The van der Waals surface area contributed by atoms with Crippen molar-refractivity contribution in [3.8, 4) is 0 Å². The van der Waals surface area contributed by atoms with Gasteiger partial charge in [0, 0.05) is 25.6 Å². The molecule has 0 radical (unpaired) electrons. The van der Waals surface area contributed by atoms with Crippen LogP contribution in [0.1, 0.15) is 19.3 Å².